The lowest BCUT2D eigenvalue weighted by atomic mass is 10.1. The zero-order chi connectivity index (χ0) is 22.9. The van der Waals surface area contributed by atoms with Crippen LogP contribution in [-0.4, -0.2) is 28.0 Å². The molecule has 0 amide bonds. The Morgan fingerprint density at radius 1 is 1.00 bits per heavy atom. The van der Waals surface area contributed by atoms with E-state index in [1.807, 2.05) is 37.4 Å². The van der Waals surface area contributed by atoms with E-state index < -0.39 is 5.97 Å². The molecule has 2 heterocycles. The molecule has 1 N–H and O–H groups in total. The van der Waals surface area contributed by atoms with Gasteiger partial charge < -0.3 is 14.8 Å². The van der Waals surface area contributed by atoms with Crippen LogP contribution in [0.5, 0.6) is 11.5 Å². The number of carbonyl (C=O) groups excluding carboxylic acids is 1. The Balaban J connectivity index is 1.64. The number of hydrogen-bond donors (Lipinski definition) is 1. The highest BCUT2D eigenvalue weighted by Gasteiger charge is 2.20. The van der Waals surface area contributed by atoms with Gasteiger partial charge in [-0.15, -0.1) is 0 Å². The maximum absolute atomic E-state index is 12.5. The number of nitrogens with one attached hydrogen (secondary N) is 1. The molecular formula is C26H27N3O3. The van der Waals surface area contributed by atoms with Crippen LogP contribution in [0.15, 0.2) is 66.9 Å². The molecule has 0 spiro atoms. The molecule has 4 rings (SSSR count). The summed E-state index contributed by atoms with van der Waals surface area (Å²) in [5.74, 6) is 1.56. The minimum Gasteiger partial charge on any atom is -0.497 e. The van der Waals surface area contributed by atoms with Gasteiger partial charge in [0.15, 0.2) is 0 Å². The number of nitrogens with zero attached hydrogens (tertiary/aromatic N) is 2. The molecule has 0 unspecified atom stereocenters. The highest BCUT2D eigenvalue weighted by Crippen LogP contribution is 2.32. The Labute approximate surface area is 187 Å². The molecule has 0 aliphatic rings. The van der Waals surface area contributed by atoms with E-state index in [-0.39, 0.29) is 5.54 Å². The first-order chi connectivity index (χ1) is 15.2. The van der Waals surface area contributed by atoms with E-state index >= 15 is 0 Å². The van der Waals surface area contributed by atoms with Crippen molar-refractivity contribution in [1.29, 1.82) is 0 Å². The van der Waals surface area contributed by atoms with Crippen LogP contribution in [0, 0.1) is 6.92 Å². The van der Waals surface area contributed by atoms with Gasteiger partial charge in [-0.05, 0) is 81.8 Å². The highest BCUT2D eigenvalue weighted by atomic mass is 16.5. The molecule has 0 aliphatic heterocycles. The van der Waals surface area contributed by atoms with Crippen LogP contribution >= 0.6 is 0 Å². The summed E-state index contributed by atoms with van der Waals surface area (Å²) in [5.41, 5.74) is 4.07. The third kappa shape index (κ3) is 4.44. The quantitative estimate of drug-likeness (QED) is 0.323. The van der Waals surface area contributed by atoms with E-state index in [4.69, 9.17) is 14.5 Å². The molecule has 0 radical (unpaired) electrons. The predicted molar refractivity (Wildman–Crippen MR) is 127 cm³/mol. The van der Waals surface area contributed by atoms with E-state index in [0.717, 1.165) is 28.3 Å². The van der Waals surface area contributed by atoms with Crippen LogP contribution in [0.3, 0.4) is 0 Å². The third-order valence-corrected chi connectivity index (χ3v) is 4.98. The molecule has 0 atom stereocenters. The summed E-state index contributed by atoms with van der Waals surface area (Å²) in [7, 11) is 1.56. The van der Waals surface area contributed by atoms with Gasteiger partial charge in [-0.1, -0.05) is 12.1 Å². The largest absolute Gasteiger partial charge is 0.497 e. The van der Waals surface area contributed by atoms with Crippen molar-refractivity contribution in [2.45, 2.75) is 33.2 Å². The minimum atomic E-state index is -0.435. The van der Waals surface area contributed by atoms with Crippen LogP contribution in [0.1, 0.15) is 36.7 Å². The summed E-state index contributed by atoms with van der Waals surface area (Å²) in [4.78, 5) is 17.4. The molecule has 0 saturated heterocycles. The smallest absolute Gasteiger partial charge is 0.343 e. The van der Waals surface area contributed by atoms with E-state index in [9.17, 15) is 4.79 Å². The maximum atomic E-state index is 12.5. The second-order valence-electron chi connectivity index (χ2n) is 8.71. The number of anilines is 1. The molecular weight excluding hydrogens is 402 g/mol. The van der Waals surface area contributed by atoms with Crippen molar-refractivity contribution in [2.24, 2.45) is 0 Å². The number of carbonyl (C=O) groups is 1. The number of fused-ring (bicyclic) bond motifs is 1. The van der Waals surface area contributed by atoms with E-state index in [1.54, 1.807) is 43.5 Å². The lowest BCUT2D eigenvalue weighted by Gasteiger charge is -2.22. The molecule has 0 aliphatic carbocycles. The fourth-order valence-electron chi connectivity index (χ4n) is 3.48. The van der Waals surface area contributed by atoms with Gasteiger partial charge in [-0.3, -0.25) is 4.40 Å². The van der Waals surface area contributed by atoms with Crippen LogP contribution in [-0.2, 0) is 0 Å². The summed E-state index contributed by atoms with van der Waals surface area (Å²) in [6.07, 6.45) is 2.01. The van der Waals surface area contributed by atoms with Crippen LogP contribution in [0.2, 0.25) is 0 Å². The lowest BCUT2D eigenvalue weighted by Crippen LogP contribution is -2.27. The van der Waals surface area contributed by atoms with Crippen molar-refractivity contribution in [3.63, 3.8) is 0 Å². The summed E-state index contributed by atoms with van der Waals surface area (Å²) in [6.45, 7) is 8.40. The van der Waals surface area contributed by atoms with Gasteiger partial charge in [-0.2, -0.15) is 0 Å². The first-order valence-corrected chi connectivity index (χ1v) is 10.5. The predicted octanol–water partition coefficient (Wildman–Crippen LogP) is 5.75. The molecule has 164 valence electrons. The van der Waals surface area contributed by atoms with Crippen molar-refractivity contribution in [3.05, 3.63) is 78.0 Å². The number of esters is 1. The number of imidazole rings is 1. The molecule has 6 nitrogen and oxygen atoms in total. The summed E-state index contributed by atoms with van der Waals surface area (Å²) in [6, 6.07) is 18.4. The van der Waals surface area contributed by atoms with Gasteiger partial charge in [0.05, 0.1) is 12.7 Å². The fourth-order valence-corrected chi connectivity index (χ4v) is 3.48. The maximum Gasteiger partial charge on any atom is 0.343 e. The second-order valence-corrected chi connectivity index (χ2v) is 8.71. The van der Waals surface area contributed by atoms with Gasteiger partial charge in [-0.25, -0.2) is 9.78 Å². The Morgan fingerprint density at radius 2 is 1.75 bits per heavy atom. The van der Waals surface area contributed by atoms with Crippen LogP contribution < -0.4 is 14.8 Å². The third-order valence-electron chi connectivity index (χ3n) is 4.98. The number of ether oxygens (including phenoxy) is 2. The van der Waals surface area contributed by atoms with E-state index in [2.05, 4.69) is 30.5 Å². The van der Waals surface area contributed by atoms with Crippen molar-refractivity contribution < 1.29 is 14.3 Å². The Kier molecular flexibility index (Phi) is 5.61. The average Bonchev–Trinajstić information content (AvgIpc) is 3.12. The summed E-state index contributed by atoms with van der Waals surface area (Å²) in [5, 5.41) is 3.58. The Morgan fingerprint density at radius 3 is 2.44 bits per heavy atom. The molecule has 0 fully saturated rings. The molecule has 0 bridgehead atoms. The van der Waals surface area contributed by atoms with Crippen molar-refractivity contribution in [2.75, 3.05) is 12.4 Å². The average molecular weight is 430 g/mol. The molecule has 4 aromatic rings. The number of rotatable bonds is 5. The monoisotopic (exact) mass is 429 g/mol. The molecule has 0 saturated carbocycles. The summed E-state index contributed by atoms with van der Waals surface area (Å²) >= 11 is 0. The lowest BCUT2D eigenvalue weighted by molar-refractivity contribution is 0.0734. The molecule has 2 aromatic carbocycles. The first kappa shape index (κ1) is 21.4. The number of aromatic nitrogens is 2. The Bertz CT molecular complexity index is 1270. The standard InChI is InChI=1S/C26H27N3O3/c1-17-8-7-15-29-23(17)27-22(24(29)28-26(2,3)4)18-11-13-20(14-12-18)32-25(30)19-9-6-10-21(16-19)31-5/h6-16,28H,1-5H3. The van der Waals surface area contributed by atoms with Gasteiger partial charge in [0, 0.05) is 17.3 Å². The Hall–Kier alpha value is -3.80. The molecule has 6 heteroatoms. The van der Waals surface area contributed by atoms with Gasteiger partial charge in [0.1, 0.15) is 28.7 Å². The highest BCUT2D eigenvalue weighted by molar-refractivity contribution is 5.91. The SMILES string of the molecule is COc1cccc(C(=O)Oc2ccc(-c3nc4c(C)cccn4c3NC(C)(C)C)cc2)c1. The van der Waals surface area contributed by atoms with Crippen molar-refractivity contribution >= 4 is 17.4 Å². The van der Waals surface area contributed by atoms with Crippen molar-refractivity contribution in [3.8, 4) is 22.8 Å². The van der Waals surface area contributed by atoms with Crippen LogP contribution in [0.4, 0.5) is 5.82 Å². The zero-order valence-corrected chi connectivity index (χ0v) is 19.0. The van der Waals surface area contributed by atoms with E-state index in [1.165, 1.54) is 0 Å². The zero-order valence-electron chi connectivity index (χ0n) is 19.0. The molecule has 2 aromatic heterocycles. The number of methoxy groups -OCH3 is 1. The normalized spacial score (nSPS) is 11.4. The van der Waals surface area contributed by atoms with E-state index in [0.29, 0.717) is 17.1 Å². The number of hydrogen-bond acceptors (Lipinski definition) is 5. The number of aryl methyl sites for hydroxylation is 1. The van der Waals surface area contributed by atoms with Gasteiger partial charge >= 0.3 is 5.97 Å². The van der Waals surface area contributed by atoms with Gasteiger partial charge in [0.25, 0.3) is 0 Å². The number of pyridine rings is 1. The topological polar surface area (TPSA) is 64.9 Å². The minimum absolute atomic E-state index is 0.138. The van der Waals surface area contributed by atoms with Crippen LogP contribution in [0.25, 0.3) is 16.9 Å². The molecule has 32 heavy (non-hydrogen) atoms. The fraction of sp³-hybridized carbons (Fsp3) is 0.231. The summed E-state index contributed by atoms with van der Waals surface area (Å²) < 4.78 is 12.8. The second kappa shape index (κ2) is 8.38. The number of benzene rings is 2. The van der Waals surface area contributed by atoms with Gasteiger partial charge in [0.2, 0.25) is 0 Å². The first-order valence-electron chi connectivity index (χ1n) is 10.5. The van der Waals surface area contributed by atoms with Crippen molar-refractivity contribution in [1.82, 2.24) is 9.38 Å².